The fourth-order valence-corrected chi connectivity index (χ4v) is 3.14. The van der Waals surface area contributed by atoms with E-state index >= 15 is 0 Å². The quantitative estimate of drug-likeness (QED) is 0.942. The zero-order valence-corrected chi connectivity index (χ0v) is 13.0. The van der Waals surface area contributed by atoms with Gasteiger partial charge in [-0.15, -0.1) is 11.3 Å². The van der Waals surface area contributed by atoms with E-state index in [0.29, 0.717) is 0 Å². The molecule has 1 aliphatic heterocycles. The van der Waals surface area contributed by atoms with Crippen LogP contribution in [-0.2, 0) is 0 Å². The minimum atomic E-state index is -0.0911. The Morgan fingerprint density at radius 3 is 2.76 bits per heavy atom. The number of carbonyl (C=O) groups excluding carboxylic acids is 1. The molecule has 1 amide bonds. The molecule has 0 spiro atoms. The average molecular weight is 303 g/mol. The first-order valence-electron chi connectivity index (χ1n) is 6.81. The van der Waals surface area contributed by atoms with E-state index in [2.05, 4.69) is 5.32 Å². The standard InChI is InChI=1S/C16H17NO3S/c1-9-11(3)21-7-13(9)16(18)17-10(2)12-4-5-14-15(6-12)20-8-19-14/h4-7,10H,8H2,1-3H3,(H,17,18). The minimum Gasteiger partial charge on any atom is -0.454 e. The van der Waals surface area contributed by atoms with Gasteiger partial charge >= 0.3 is 0 Å². The highest BCUT2D eigenvalue weighted by Gasteiger charge is 2.18. The van der Waals surface area contributed by atoms with E-state index in [1.165, 1.54) is 4.88 Å². The third-order valence-corrected chi connectivity index (χ3v) is 4.79. The van der Waals surface area contributed by atoms with Crippen molar-refractivity contribution in [3.8, 4) is 11.5 Å². The summed E-state index contributed by atoms with van der Waals surface area (Å²) in [7, 11) is 0. The molecule has 0 radical (unpaired) electrons. The maximum atomic E-state index is 12.3. The van der Waals surface area contributed by atoms with Crippen molar-refractivity contribution in [2.45, 2.75) is 26.8 Å². The van der Waals surface area contributed by atoms with Crippen molar-refractivity contribution >= 4 is 17.2 Å². The molecule has 110 valence electrons. The number of hydrogen-bond acceptors (Lipinski definition) is 4. The highest BCUT2D eigenvalue weighted by Crippen LogP contribution is 2.34. The number of hydrogen-bond donors (Lipinski definition) is 1. The fourth-order valence-electron chi connectivity index (χ4n) is 2.28. The molecule has 0 aliphatic carbocycles. The van der Waals surface area contributed by atoms with E-state index < -0.39 is 0 Å². The number of benzene rings is 1. The van der Waals surface area contributed by atoms with Gasteiger partial charge in [-0.2, -0.15) is 0 Å². The number of rotatable bonds is 3. The predicted molar refractivity (Wildman–Crippen MR) is 82.2 cm³/mol. The summed E-state index contributed by atoms with van der Waals surface area (Å²) in [4.78, 5) is 13.5. The lowest BCUT2D eigenvalue weighted by Gasteiger charge is -2.15. The third-order valence-electron chi connectivity index (χ3n) is 3.77. The van der Waals surface area contributed by atoms with Crippen LogP contribution in [0.1, 0.15) is 39.3 Å². The summed E-state index contributed by atoms with van der Waals surface area (Å²) < 4.78 is 10.7. The van der Waals surface area contributed by atoms with Gasteiger partial charge in [0.1, 0.15) is 0 Å². The topological polar surface area (TPSA) is 47.6 Å². The van der Waals surface area contributed by atoms with Crippen molar-refractivity contribution in [2.75, 3.05) is 6.79 Å². The Labute approximate surface area is 127 Å². The van der Waals surface area contributed by atoms with Crippen LogP contribution in [0.3, 0.4) is 0 Å². The van der Waals surface area contributed by atoms with Crippen LogP contribution in [0.25, 0.3) is 0 Å². The largest absolute Gasteiger partial charge is 0.454 e. The summed E-state index contributed by atoms with van der Waals surface area (Å²) in [6.45, 7) is 6.22. The molecule has 1 aromatic carbocycles. The fraction of sp³-hybridized carbons (Fsp3) is 0.312. The van der Waals surface area contributed by atoms with Crippen LogP contribution in [0.2, 0.25) is 0 Å². The Kier molecular flexibility index (Phi) is 3.59. The van der Waals surface area contributed by atoms with Crippen molar-refractivity contribution in [1.29, 1.82) is 0 Å². The van der Waals surface area contributed by atoms with Crippen LogP contribution in [0, 0.1) is 13.8 Å². The smallest absolute Gasteiger partial charge is 0.252 e. The Bertz CT molecular complexity index is 693. The molecule has 1 N–H and O–H groups in total. The molecule has 1 aliphatic rings. The average Bonchev–Trinajstić information content (AvgIpc) is 3.05. The van der Waals surface area contributed by atoms with Crippen LogP contribution in [0.5, 0.6) is 11.5 Å². The normalized spacial score (nSPS) is 14.0. The molecule has 2 aromatic rings. The highest BCUT2D eigenvalue weighted by atomic mass is 32.1. The van der Waals surface area contributed by atoms with Gasteiger partial charge in [-0.3, -0.25) is 4.79 Å². The molecular formula is C16H17NO3S. The van der Waals surface area contributed by atoms with Gasteiger partial charge in [-0.25, -0.2) is 0 Å². The minimum absolute atomic E-state index is 0.0398. The van der Waals surface area contributed by atoms with Crippen LogP contribution in [0.15, 0.2) is 23.6 Å². The lowest BCUT2D eigenvalue weighted by atomic mass is 10.1. The van der Waals surface area contributed by atoms with Crippen LogP contribution in [0.4, 0.5) is 0 Å². The first kappa shape index (κ1) is 13.9. The van der Waals surface area contributed by atoms with E-state index in [9.17, 15) is 4.79 Å². The maximum Gasteiger partial charge on any atom is 0.252 e. The van der Waals surface area contributed by atoms with Gasteiger partial charge < -0.3 is 14.8 Å². The number of thiophene rings is 1. The molecule has 3 rings (SSSR count). The first-order chi connectivity index (χ1) is 10.1. The second-order valence-corrected chi connectivity index (χ2v) is 6.22. The summed E-state index contributed by atoms with van der Waals surface area (Å²) in [5.74, 6) is 1.44. The van der Waals surface area contributed by atoms with Gasteiger partial charge in [0.2, 0.25) is 6.79 Å². The van der Waals surface area contributed by atoms with Gasteiger partial charge in [0.05, 0.1) is 11.6 Å². The molecule has 4 nitrogen and oxygen atoms in total. The molecule has 0 saturated carbocycles. The number of carbonyl (C=O) groups is 1. The van der Waals surface area contributed by atoms with Gasteiger partial charge in [-0.1, -0.05) is 6.07 Å². The third kappa shape index (κ3) is 2.61. The van der Waals surface area contributed by atoms with Crippen molar-refractivity contribution in [3.63, 3.8) is 0 Å². The van der Waals surface area contributed by atoms with Crippen molar-refractivity contribution in [2.24, 2.45) is 0 Å². The summed E-state index contributed by atoms with van der Waals surface area (Å²) in [5.41, 5.74) is 2.80. The second kappa shape index (κ2) is 5.41. The number of aryl methyl sites for hydroxylation is 1. The maximum absolute atomic E-state index is 12.3. The predicted octanol–water partition coefficient (Wildman–Crippen LogP) is 3.58. The molecule has 0 saturated heterocycles. The molecule has 2 heterocycles. The van der Waals surface area contributed by atoms with Crippen LogP contribution < -0.4 is 14.8 Å². The Morgan fingerprint density at radius 1 is 1.29 bits per heavy atom. The summed E-state index contributed by atoms with van der Waals surface area (Å²) >= 11 is 1.60. The molecule has 1 atom stereocenters. The molecule has 1 aromatic heterocycles. The van der Waals surface area contributed by atoms with E-state index in [1.807, 2.05) is 44.4 Å². The number of ether oxygens (including phenoxy) is 2. The van der Waals surface area contributed by atoms with Crippen LogP contribution >= 0.6 is 11.3 Å². The van der Waals surface area contributed by atoms with E-state index in [0.717, 1.165) is 28.2 Å². The second-order valence-electron chi connectivity index (χ2n) is 5.14. The zero-order chi connectivity index (χ0) is 15.0. The lowest BCUT2D eigenvalue weighted by molar-refractivity contribution is 0.0939. The number of amides is 1. The highest BCUT2D eigenvalue weighted by molar-refractivity contribution is 7.10. The Morgan fingerprint density at radius 2 is 2.05 bits per heavy atom. The van der Waals surface area contributed by atoms with Gasteiger partial charge in [0, 0.05) is 10.3 Å². The van der Waals surface area contributed by atoms with E-state index in [4.69, 9.17) is 9.47 Å². The molecular weight excluding hydrogens is 286 g/mol. The summed E-state index contributed by atoms with van der Waals surface area (Å²) in [6.07, 6.45) is 0. The van der Waals surface area contributed by atoms with Crippen LogP contribution in [-0.4, -0.2) is 12.7 Å². The van der Waals surface area contributed by atoms with Gasteiger partial charge in [0.15, 0.2) is 11.5 Å². The van der Waals surface area contributed by atoms with Gasteiger partial charge in [0.25, 0.3) is 5.91 Å². The molecule has 5 heteroatoms. The Hall–Kier alpha value is -2.01. The van der Waals surface area contributed by atoms with Crippen molar-refractivity contribution < 1.29 is 14.3 Å². The number of nitrogens with one attached hydrogen (secondary N) is 1. The van der Waals surface area contributed by atoms with Crippen molar-refractivity contribution in [1.82, 2.24) is 5.32 Å². The summed E-state index contributed by atoms with van der Waals surface area (Å²) in [6, 6.07) is 5.65. The molecule has 21 heavy (non-hydrogen) atoms. The molecule has 0 fully saturated rings. The van der Waals surface area contributed by atoms with Gasteiger partial charge in [-0.05, 0) is 44.0 Å². The van der Waals surface area contributed by atoms with E-state index in [-0.39, 0.29) is 18.7 Å². The van der Waals surface area contributed by atoms with E-state index in [1.54, 1.807) is 11.3 Å². The Balaban J connectivity index is 1.75. The first-order valence-corrected chi connectivity index (χ1v) is 7.69. The monoisotopic (exact) mass is 303 g/mol. The molecule has 0 bridgehead atoms. The summed E-state index contributed by atoms with van der Waals surface area (Å²) in [5, 5.41) is 4.94. The number of fused-ring (bicyclic) bond motifs is 1. The van der Waals surface area contributed by atoms with Crippen molar-refractivity contribution in [3.05, 3.63) is 45.1 Å². The zero-order valence-electron chi connectivity index (χ0n) is 12.2. The molecule has 1 unspecified atom stereocenters. The lowest BCUT2D eigenvalue weighted by Crippen LogP contribution is -2.26. The SMILES string of the molecule is Cc1scc(C(=O)NC(C)c2ccc3c(c2)OCO3)c1C.